The third-order valence-electron chi connectivity index (χ3n) is 4.31. The number of halogens is 3. The molecule has 0 unspecified atom stereocenters. The molecule has 9 nitrogen and oxygen atoms in total. The second kappa shape index (κ2) is 7.48. The molecule has 0 radical (unpaired) electrons. The van der Waals surface area contributed by atoms with Crippen LogP contribution in [0.2, 0.25) is 0 Å². The van der Waals surface area contributed by atoms with Crippen LogP contribution < -0.4 is 0 Å². The zero-order valence-corrected chi connectivity index (χ0v) is 15.2. The van der Waals surface area contributed by atoms with Gasteiger partial charge in [-0.2, -0.15) is 22.6 Å². The first-order chi connectivity index (χ1) is 13.1. The number of hydrogen-bond acceptors (Lipinski definition) is 6. The third-order valence-corrected chi connectivity index (χ3v) is 6.20. The topological polar surface area (TPSA) is 102 Å². The summed E-state index contributed by atoms with van der Waals surface area (Å²) in [7, 11) is -4.05. The molecule has 1 fully saturated rings. The van der Waals surface area contributed by atoms with E-state index in [1.54, 1.807) is 0 Å². The van der Waals surface area contributed by atoms with Crippen LogP contribution in [0.4, 0.5) is 18.9 Å². The van der Waals surface area contributed by atoms with Crippen molar-refractivity contribution >= 4 is 15.7 Å². The van der Waals surface area contributed by atoms with Crippen LogP contribution in [0.1, 0.15) is 5.56 Å². The van der Waals surface area contributed by atoms with Crippen molar-refractivity contribution in [3.63, 3.8) is 0 Å². The van der Waals surface area contributed by atoms with Gasteiger partial charge in [0.1, 0.15) is 12.4 Å². The Labute approximate surface area is 158 Å². The molecule has 13 heteroatoms. The average Bonchev–Trinajstić information content (AvgIpc) is 3.10. The molecule has 2 heterocycles. The van der Waals surface area contributed by atoms with Gasteiger partial charge in [0, 0.05) is 26.2 Å². The Kier molecular flexibility index (Phi) is 5.41. The summed E-state index contributed by atoms with van der Waals surface area (Å²) in [4.78, 5) is 11.5. The smallest absolute Gasteiger partial charge is 0.282 e. The van der Waals surface area contributed by atoms with Crippen molar-refractivity contribution in [1.82, 2.24) is 19.0 Å². The van der Waals surface area contributed by atoms with Gasteiger partial charge in [0.15, 0.2) is 0 Å². The number of rotatable bonds is 5. The van der Waals surface area contributed by atoms with E-state index >= 15 is 0 Å². The molecule has 3 rings (SSSR count). The molecular weight excluding hydrogens is 403 g/mol. The van der Waals surface area contributed by atoms with Crippen molar-refractivity contribution in [1.29, 1.82) is 0 Å². The van der Waals surface area contributed by atoms with Gasteiger partial charge in [-0.1, -0.05) is 6.07 Å². The fraction of sp³-hybridized carbons (Fsp3) is 0.400. The monoisotopic (exact) mass is 419 g/mol. The lowest BCUT2D eigenvalue weighted by Crippen LogP contribution is -2.48. The van der Waals surface area contributed by atoms with Crippen molar-refractivity contribution in [2.75, 3.05) is 26.2 Å². The van der Waals surface area contributed by atoms with Crippen molar-refractivity contribution < 1.29 is 26.5 Å². The fourth-order valence-electron chi connectivity index (χ4n) is 2.82. The SMILES string of the molecule is O=[N+]([O-])c1cnn(CN2CCN(S(=O)(=O)c3cccc(C(F)(F)F)c3)CC2)c1. The van der Waals surface area contributed by atoms with Crippen LogP contribution in [-0.4, -0.2) is 58.5 Å². The average molecular weight is 419 g/mol. The molecular formula is C15H16F3N5O4S. The number of sulfonamides is 1. The summed E-state index contributed by atoms with van der Waals surface area (Å²) < 4.78 is 66.3. The van der Waals surface area contributed by atoms with Gasteiger partial charge in [-0.15, -0.1) is 0 Å². The van der Waals surface area contributed by atoms with E-state index in [2.05, 4.69) is 5.10 Å². The van der Waals surface area contributed by atoms with Gasteiger partial charge in [-0.3, -0.25) is 19.7 Å². The maximum atomic E-state index is 12.8. The number of benzene rings is 1. The second-order valence-corrected chi connectivity index (χ2v) is 8.12. The molecule has 0 bridgehead atoms. The van der Waals surface area contributed by atoms with E-state index in [-0.39, 0.29) is 25.4 Å². The summed E-state index contributed by atoms with van der Waals surface area (Å²) in [6.45, 7) is 1.03. The highest BCUT2D eigenvalue weighted by molar-refractivity contribution is 7.89. The molecule has 0 atom stereocenters. The van der Waals surface area contributed by atoms with Gasteiger partial charge in [-0.05, 0) is 18.2 Å². The number of piperazine rings is 1. The fourth-order valence-corrected chi connectivity index (χ4v) is 4.29. The van der Waals surface area contributed by atoms with Gasteiger partial charge in [0.2, 0.25) is 10.0 Å². The maximum absolute atomic E-state index is 12.8. The van der Waals surface area contributed by atoms with Crippen molar-refractivity contribution in [2.24, 2.45) is 0 Å². The van der Waals surface area contributed by atoms with Crippen LogP contribution in [0.3, 0.4) is 0 Å². The number of nitro groups is 1. The van der Waals surface area contributed by atoms with Crippen LogP contribution in [0.25, 0.3) is 0 Å². The number of nitrogens with zero attached hydrogens (tertiary/aromatic N) is 5. The van der Waals surface area contributed by atoms with Gasteiger partial charge in [-0.25, -0.2) is 8.42 Å². The molecule has 0 saturated carbocycles. The summed E-state index contributed by atoms with van der Waals surface area (Å²) in [5.74, 6) is 0. The molecule has 0 aliphatic carbocycles. The van der Waals surface area contributed by atoms with Crippen LogP contribution in [0.15, 0.2) is 41.6 Å². The minimum atomic E-state index is -4.63. The first kappa shape index (κ1) is 20.2. The molecule has 0 amide bonds. The Hall–Kier alpha value is -2.51. The van der Waals surface area contributed by atoms with Gasteiger partial charge in [0.25, 0.3) is 0 Å². The highest BCUT2D eigenvalue weighted by atomic mass is 32.2. The first-order valence-electron chi connectivity index (χ1n) is 8.14. The molecule has 0 N–H and O–H groups in total. The molecule has 1 aromatic carbocycles. The van der Waals surface area contributed by atoms with E-state index in [4.69, 9.17) is 0 Å². The summed E-state index contributed by atoms with van der Waals surface area (Å²) in [6.07, 6.45) is -2.24. The lowest BCUT2D eigenvalue weighted by Gasteiger charge is -2.33. The largest absolute Gasteiger partial charge is 0.416 e. The Morgan fingerprint density at radius 1 is 1.18 bits per heavy atom. The van der Waals surface area contributed by atoms with E-state index < -0.39 is 31.6 Å². The molecule has 152 valence electrons. The van der Waals surface area contributed by atoms with Gasteiger partial charge < -0.3 is 0 Å². The Morgan fingerprint density at radius 3 is 2.43 bits per heavy atom. The molecule has 1 aromatic heterocycles. The molecule has 2 aromatic rings. The molecule has 1 aliphatic rings. The van der Waals surface area contributed by atoms with E-state index in [0.717, 1.165) is 28.7 Å². The lowest BCUT2D eigenvalue weighted by molar-refractivity contribution is -0.385. The highest BCUT2D eigenvalue weighted by Gasteiger charge is 2.34. The number of alkyl halides is 3. The van der Waals surface area contributed by atoms with E-state index in [9.17, 15) is 31.7 Å². The lowest BCUT2D eigenvalue weighted by atomic mass is 10.2. The molecule has 0 spiro atoms. The Balaban J connectivity index is 1.66. The number of hydrogen-bond donors (Lipinski definition) is 0. The van der Waals surface area contributed by atoms with Crippen molar-refractivity contribution in [3.05, 3.63) is 52.3 Å². The van der Waals surface area contributed by atoms with Crippen LogP contribution in [-0.2, 0) is 22.9 Å². The predicted octanol–water partition coefficient (Wildman–Crippen LogP) is 1.77. The number of aromatic nitrogens is 2. The minimum Gasteiger partial charge on any atom is -0.282 e. The summed E-state index contributed by atoms with van der Waals surface area (Å²) in [5, 5.41) is 14.5. The molecule has 1 aliphatic heterocycles. The Bertz CT molecular complexity index is 968. The normalized spacial score (nSPS) is 17.0. The van der Waals surface area contributed by atoms with E-state index in [0.29, 0.717) is 19.2 Å². The van der Waals surface area contributed by atoms with Gasteiger partial charge >= 0.3 is 11.9 Å². The quantitative estimate of drug-likeness (QED) is 0.541. The van der Waals surface area contributed by atoms with Crippen molar-refractivity contribution in [3.8, 4) is 0 Å². The third kappa shape index (κ3) is 4.31. The van der Waals surface area contributed by atoms with Crippen LogP contribution in [0, 0.1) is 10.1 Å². The van der Waals surface area contributed by atoms with E-state index in [1.807, 2.05) is 4.90 Å². The summed E-state index contributed by atoms with van der Waals surface area (Å²) in [6, 6.07) is 3.65. The second-order valence-electron chi connectivity index (χ2n) is 6.18. The summed E-state index contributed by atoms with van der Waals surface area (Å²) in [5.41, 5.74) is -1.17. The van der Waals surface area contributed by atoms with E-state index in [1.165, 1.54) is 10.9 Å². The zero-order valence-electron chi connectivity index (χ0n) is 14.4. The zero-order chi connectivity index (χ0) is 20.5. The minimum absolute atomic E-state index is 0.0853. The summed E-state index contributed by atoms with van der Waals surface area (Å²) >= 11 is 0. The molecule has 28 heavy (non-hydrogen) atoms. The maximum Gasteiger partial charge on any atom is 0.416 e. The van der Waals surface area contributed by atoms with Crippen LogP contribution in [0.5, 0.6) is 0 Å². The predicted molar refractivity (Wildman–Crippen MR) is 90.7 cm³/mol. The van der Waals surface area contributed by atoms with Crippen LogP contribution >= 0.6 is 0 Å². The molecule has 1 saturated heterocycles. The Morgan fingerprint density at radius 2 is 1.86 bits per heavy atom. The van der Waals surface area contributed by atoms with Gasteiger partial charge in [0.05, 0.1) is 22.1 Å². The highest BCUT2D eigenvalue weighted by Crippen LogP contribution is 2.31. The first-order valence-corrected chi connectivity index (χ1v) is 9.58. The van der Waals surface area contributed by atoms with Crippen molar-refractivity contribution in [2.45, 2.75) is 17.7 Å². The standard InChI is InChI=1S/C15H16F3N5O4S/c16-15(17,18)12-2-1-3-14(8-12)28(26,27)22-6-4-20(5-7-22)11-21-10-13(9-19-21)23(24)25/h1-3,8-10H,4-7,11H2.